The van der Waals surface area contributed by atoms with Crippen molar-refractivity contribution in [2.45, 2.75) is 39.0 Å². The number of unbranched alkanes of at least 4 members (excludes halogenated alkanes) is 4. The van der Waals surface area contributed by atoms with Crippen molar-refractivity contribution in [1.29, 1.82) is 0 Å². The Labute approximate surface area is 90.1 Å². The second-order valence-electron chi connectivity index (χ2n) is 3.81. The van der Waals surface area contributed by atoms with E-state index >= 15 is 0 Å². The SMILES string of the molecule is CCCCCCCNS(C)(C)C=S. The molecule has 1 N–H and O–H groups in total. The third kappa shape index (κ3) is 8.72. The zero-order valence-corrected chi connectivity index (χ0v) is 10.8. The van der Waals surface area contributed by atoms with Crippen LogP contribution in [0.4, 0.5) is 0 Å². The average Bonchev–Trinajstić information content (AvgIpc) is 2.11. The van der Waals surface area contributed by atoms with Crippen LogP contribution in [0.15, 0.2) is 0 Å². The van der Waals surface area contributed by atoms with Gasteiger partial charge in [-0.3, -0.25) is 4.72 Å². The molecule has 0 aromatic carbocycles. The third-order valence-corrected chi connectivity index (χ3v) is 4.87. The van der Waals surface area contributed by atoms with Crippen LogP contribution in [0.5, 0.6) is 0 Å². The van der Waals surface area contributed by atoms with E-state index in [1.54, 1.807) is 0 Å². The average molecular weight is 221 g/mol. The largest absolute Gasteiger partial charge is 0.277 e. The van der Waals surface area contributed by atoms with E-state index in [-0.39, 0.29) is 0 Å². The summed E-state index contributed by atoms with van der Waals surface area (Å²) in [5, 5.41) is 0. The molecular weight excluding hydrogens is 198 g/mol. The lowest BCUT2D eigenvalue weighted by Crippen LogP contribution is -2.20. The molecule has 80 valence electrons. The van der Waals surface area contributed by atoms with Gasteiger partial charge in [-0.25, -0.2) is 0 Å². The highest BCUT2D eigenvalue weighted by atomic mass is 32.3. The molecule has 0 aromatic rings. The van der Waals surface area contributed by atoms with E-state index in [4.69, 9.17) is 12.2 Å². The van der Waals surface area contributed by atoms with Gasteiger partial charge in [0.25, 0.3) is 0 Å². The van der Waals surface area contributed by atoms with Crippen molar-refractivity contribution < 1.29 is 0 Å². The Morgan fingerprint density at radius 1 is 1.15 bits per heavy atom. The minimum absolute atomic E-state index is 0.772. The van der Waals surface area contributed by atoms with Crippen molar-refractivity contribution in [3.63, 3.8) is 0 Å². The van der Waals surface area contributed by atoms with Crippen LogP contribution < -0.4 is 4.72 Å². The van der Waals surface area contributed by atoms with Crippen LogP contribution in [0.25, 0.3) is 0 Å². The van der Waals surface area contributed by atoms with E-state index in [9.17, 15) is 0 Å². The molecule has 0 saturated heterocycles. The van der Waals surface area contributed by atoms with Gasteiger partial charge in [-0.2, -0.15) is 10.2 Å². The summed E-state index contributed by atoms with van der Waals surface area (Å²) < 4.78 is 5.40. The number of hydrogen-bond donors (Lipinski definition) is 1. The Bertz CT molecular complexity index is 135. The molecule has 0 aliphatic heterocycles. The maximum atomic E-state index is 4.96. The van der Waals surface area contributed by atoms with E-state index in [2.05, 4.69) is 24.2 Å². The topological polar surface area (TPSA) is 12.0 Å². The predicted octanol–water partition coefficient (Wildman–Crippen LogP) is 3.48. The fraction of sp³-hybridized carbons (Fsp3) is 0.900. The summed E-state index contributed by atoms with van der Waals surface area (Å²) in [6, 6.07) is 0. The van der Waals surface area contributed by atoms with Gasteiger partial charge >= 0.3 is 0 Å². The van der Waals surface area contributed by atoms with Crippen LogP contribution in [-0.4, -0.2) is 23.8 Å². The van der Waals surface area contributed by atoms with Crippen LogP contribution in [0, 0.1) is 0 Å². The summed E-state index contributed by atoms with van der Waals surface area (Å²) >= 11 is 4.96. The fourth-order valence-corrected chi connectivity index (χ4v) is 2.04. The molecule has 13 heavy (non-hydrogen) atoms. The Morgan fingerprint density at radius 2 is 1.77 bits per heavy atom. The molecular formula is C10H23NS2. The van der Waals surface area contributed by atoms with Gasteiger partial charge in [0.15, 0.2) is 0 Å². The van der Waals surface area contributed by atoms with E-state index < -0.39 is 10.2 Å². The molecule has 0 radical (unpaired) electrons. The summed E-state index contributed by atoms with van der Waals surface area (Å²) in [7, 11) is -0.772. The van der Waals surface area contributed by atoms with Gasteiger partial charge in [0, 0.05) is 11.2 Å². The van der Waals surface area contributed by atoms with Crippen molar-refractivity contribution in [3.8, 4) is 0 Å². The number of hydrogen-bond acceptors (Lipinski definition) is 2. The Kier molecular flexibility index (Phi) is 8.01. The molecule has 1 nitrogen and oxygen atoms in total. The number of thiocarbonyl (C=S) groups is 1. The second-order valence-corrected chi connectivity index (χ2v) is 7.68. The molecule has 0 unspecified atom stereocenters. The monoisotopic (exact) mass is 221 g/mol. The van der Waals surface area contributed by atoms with Crippen molar-refractivity contribution in [2.75, 3.05) is 19.1 Å². The highest BCUT2D eigenvalue weighted by Gasteiger charge is 2.04. The molecule has 0 saturated carbocycles. The smallest absolute Gasteiger partial charge is 0.0287 e. The Hall–Kier alpha value is 0.400. The zero-order valence-electron chi connectivity index (χ0n) is 9.14. The summed E-state index contributed by atoms with van der Waals surface area (Å²) in [6.07, 6.45) is 11.1. The first kappa shape index (κ1) is 13.4. The number of rotatable bonds is 8. The minimum atomic E-state index is -0.772. The van der Waals surface area contributed by atoms with Crippen LogP contribution in [0.2, 0.25) is 0 Å². The quantitative estimate of drug-likeness (QED) is 0.497. The van der Waals surface area contributed by atoms with E-state index in [1.165, 1.54) is 32.1 Å². The standard InChI is InChI=1S/C10H23NS2/c1-4-5-6-7-8-9-11-13(2,3)10-12/h10-11H,4-9H2,1-3H3. The van der Waals surface area contributed by atoms with Gasteiger partial charge in [-0.15, -0.1) is 0 Å². The third-order valence-electron chi connectivity index (χ3n) is 1.99. The summed E-state index contributed by atoms with van der Waals surface area (Å²) in [5.41, 5.74) is 0. The van der Waals surface area contributed by atoms with Gasteiger partial charge in [-0.05, 0) is 18.9 Å². The van der Waals surface area contributed by atoms with Crippen molar-refractivity contribution in [2.24, 2.45) is 0 Å². The first-order chi connectivity index (χ1) is 6.12. The molecule has 3 heteroatoms. The maximum Gasteiger partial charge on any atom is 0.0287 e. The van der Waals surface area contributed by atoms with Gasteiger partial charge in [0.2, 0.25) is 0 Å². The van der Waals surface area contributed by atoms with Crippen LogP contribution in [0.3, 0.4) is 0 Å². The summed E-state index contributed by atoms with van der Waals surface area (Å²) in [5.74, 6) is 0. The van der Waals surface area contributed by atoms with Gasteiger partial charge in [0.1, 0.15) is 0 Å². The molecule has 0 aliphatic rings. The molecule has 0 rings (SSSR count). The molecule has 0 amide bonds. The van der Waals surface area contributed by atoms with Gasteiger partial charge in [-0.1, -0.05) is 44.8 Å². The normalized spacial score (nSPS) is 12.8. The fourth-order valence-electron chi connectivity index (χ4n) is 1.10. The molecule has 0 atom stereocenters. The lowest BCUT2D eigenvalue weighted by atomic mass is 10.2. The van der Waals surface area contributed by atoms with Crippen molar-refractivity contribution in [3.05, 3.63) is 0 Å². The number of nitrogens with one attached hydrogen (secondary N) is 1. The van der Waals surface area contributed by atoms with Crippen LogP contribution in [0.1, 0.15) is 39.0 Å². The molecule has 0 heterocycles. The van der Waals surface area contributed by atoms with E-state index in [0.717, 1.165) is 6.54 Å². The maximum absolute atomic E-state index is 4.96. The summed E-state index contributed by atoms with van der Waals surface area (Å²) in [4.78, 5) is 0. The highest BCUT2D eigenvalue weighted by Crippen LogP contribution is 2.30. The zero-order chi connectivity index (χ0) is 10.2. The van der Waals surface area contributed by atoms with Crippen molar-refractivity contribution in [1.82, 2.24) is 4.72 Å². The lowest BCUT2D eigenvalue weighted by molar-refractivity contribution is 0.629. The minimum Gasteiger partial charge on any atom is -0.277 e. The van der Waals surface area contributed by atoms with E-state index in [0.29, 0.717) is 0 Å². The van der Waals surface area contributed by atoms with Crippen LogP contribution >= 0.6 is 22.4 Å². The second kappa shape index (κ2) is 7.77. The molecule has 0 bridgehead atoms. The molecule has 0 aliphatic carbocycles. The first-order valence-corrected chi connectivity index (χ1v) is 8.04. The van der Waals surface area contributed by atoms with E-state index in [1.807, 2.05) is 4.70 Å². The lowest BCUT2D eigenvalue weighted by Gasteiger charge is -2.26. The molecule has 0 fully saturated rings. The summed E-state index contributed by atoms with van der Waals surface area (Å²) in [6.45, 7) is 3.37. The van der Waals surface area contributed by atoms with Gasteiger partial charge < -0.3 is 0 Å². The van der Waals surface area contributed by atoms with Gasteiger partial charge in [0.05, 0.1) is 0 Å². The molecule has 0 spiro atoms. The van der Waals surface area contributed by atoms with Crippen LogP contribution in [-0.2, 0) is 0 Å². The Morgan fingerprint density at radius 3 is 2.31 bits per heavy atom. The first-order valence-electron chi connectivity index (χ1n) is 5.05. The Balaban J connectivity index is 3.20. The molecule has 0 aromatic heterocycles. The highest BCUT2D eigenvalue weighted by molar-refractivity contribution is 8.46. The van der Waals surface area contributed by atoms with Crippen molar-refractivity contribution >= 4 is 27.1 Å². The predicted molar refractivity (Wildman–Crippen MR) is 69.9 cm³/mol.